The summed E-state index contributed by atoms with van der Waals surface area (Å²) in [6, 6.07) is 13.7. The summed E-state index contributed by atoms with van der Waals surface area (Å²) in [6.45, 7) is 4.04. The van der Waals surface area contributed by atoms with Crippen LogP contribution in [0.5, 0.6) is 0 Å². The third kappa shape index (κ3) is 4.61. The van der Waals surface area contributed by atoms with Crippen LogP contribution in [-0.2, 0) is 6.18 Å². The average Bonchev–Trinajstić information content (AvgIpc) is 3.32. The van der Waals surface area contributed by atoms with Crippen molar-refractivity contribution in [3.8, 4) is 0 Å². The number of fused-ring (bicyclic) bond motifs is 1. The van der Waals surface area contributed by atoms with Gasteiger partial charge in [0.15, 0.2) is 0 Å². The van der Waals surface area contributed by atoms with Gasteiger partial charge in [0.2, 0.25) is 0 Å². The van der Waals surface area contributed by atoms with Gasteiger partial charge in [-0.3, -0.25) is 4.79 Å². The molecule has 0 aliphatic carbocycles. The van der Waals surface area contributed by atoms with E-state index in [4.69, 9.17) is 0 Å². The Labute approximate surface area is 199 Å². The zero-order valence-corrected chi connectivity index (χ0v) is 18.8. The van der Waals surface area contributed by atoms with Gasteiger partial charge in [0.05, 0.1) is 16.8 Å². The maximum absolute atomic E-state index is 13.4. The molecule has 2 aromatic heterocycles. The molecule has 0 spiro atoms. The van der Waals surface area contributed by atoms with Crippen LogP contribution in [0.25, 0.3) is 5.78 Å². The number of para-hydroxylation sites is 1. The second-order valence-electron chi connectivity index (χ2n) is 8.26. The topological polar surface area (TPSA) is 78.7 Å². The Morgan fingerprint density at radius 2 is 1.77 bits per heavy atom. The fourth-order valence-electron chi connectivity index (χ4n) is 4.15. The molecule has 0 bridgehead atoms. The molecule has 0 atom stereocenters. The lowest BCUT2D eigenvalue weighted by atomic mass is 10.1. The monoisotopic (exact) mass is 481 g/mol. The zero-order valence-electron chi connectivity index (χ0n) is 18.8. The van der Waals surface area contributed by atoms with Crippen LogP contribution in [0.4, 0.5) is 30.4 Å². The van der Waals surface area contributed by atoms with Crippen molar-refractivity contribution in [3.63, 3.8) is 0 Å². The fourth-order valence-corrected chi connectivity index (χ4v) is 4.15. The van der Waals surface area contributed by atoms with Gasteiger partial charge in [0.25, 0.3) is 11.7 Å². The molecule has 1 aliphatic heterocycles. The number of nitrogens with zero attached hydrogens (tertiary/aromatic N) is 6. The van der Waals surface area contributed by atoms with E-state index in [9.17, 15) is 18.0 Å². The largest absolute Gasteiger partial charge is 0.416 e. The number of hydrogen-bond acceptors (Lipinski definition) is 6. The van der Waals surface area contributed by atoms with E-state index >= 15 is 0 Å². The van der Waals surface area contributed by atoms with E-state index in [1.807, 2.05) is 13.0 Å². The molecule has 2 aromatic carbocycles. The summed E-state index contributed by atoms with van der Waals surface area (Å²) in [6.07, 6.45) is -2.99. The number of aryl methyl sites for hydroxylation is 1. The Hall–Kier alpha value is -4.15. The number of carbonyl (C=O) groups is 1. The molecule has 1 saturated heterocycles. The number of anilines is 3. The summed E-state index contributed by atoms with van der Waals surface area (Å²) >= 11 is 0. The smallest absolute Gasteiger partial charge is 0.355 e. The molecule has 4 aromatic rings. The number of nitrogens with one attached hydrogen (secondary N) is 1. The van der Waals surface area contributed by atoms with E-state index in [0.29, 0.717) is 43.2 Å². The first kappa shape index (κ1) is 22.6. The van der Waals surface area contributed by atoms with E-state index in [2.05, 4.69) is 25.3 Å². The average molecular weight is 481 g/mol. The van der Waals surface area contributed by atoms with E-state index in [0.717, 1.165) is 23.6 Å². The van der Waals surface area contributed by atoms with Gasteiger partial charge in [-0.2, -0.15) is 27.8 Å². The predicted molar refractivity (Wildman–Crippen MR) is 125 cm³/mol. The third-order valence-electron chi connectivity index (χ3n) is 5.88. The zero-order chi connectivity index (χ0) is 24.6. The van der Waals surface area contributed by atoms with Gasteiger partial charge in [-0.05, 0) is 37.3 Å². The first-order chi connectivity index (χ1) is 16.8. The molecule has 1 aliphatic rings. The van der Waals surface area contributed by atoms with Crippen molar-refractivity contribution in [1.82, 2.24) is 24.5 Å². The standard InChI is InChI=1S/C24H22F3N7O/c1-16-13-21(34-23(30-16)28-15-29-34)32-9-11-33(12-10-32)22(35)19-7-2-3-8-20(19)31-18-6-4-5-17(14-18)24(25,26)27/h2-8,13-15,31H,9-12H2,1H3. The SMILES string of the molecule is Cc1cc(N2CCN(C(=O)c3ccccc3Nc3cccc(C(F)(F)F)c3)CC2)n2ncnc2n1. The van der Waals surface area contributed by atoms with Crippen LogP contribution in [0.2, 0.25) is 0 Å². The second kappa shape index (κ2) is 8.90. The number of alkyl halides is 3. The highest BCUT2D eigenvalue weighted by Crippen LogP contribution is 2.32. The Balaban J connectivity index is 1.32. The van der Waals surface area contributed by atoms with E-state index in [1.54, 1.807) is 33.7 Å². The summed E-state index contributed by atoms with van der Waals surface area (Å²) in [7, 11) is 0. The maximum atomic E-state index is 13.4. The van der Waals surface area contributed by atoms with Crippen LogP contribution >= 0.6 is 0 Å². The number of halogens is 3. The number of piperazine rings is 1. The second-order valence-corrected chi connectivity index (χ2v) is 8.26. The number of rotatable bonds is 4. The van der Waals surface area contributed by atoms with Gasteiger partial charge in [0, 0.05) is 43.6 Å². The molecular weight excluding hydrogens is 459 g/mol. The highest BCUT2D eigenvalue weighted by molar-refractivity contribution is 6.00. The van der Waals surface area contributed by atoms with Gasteiger partial charge < -0.3 is 15.1 Å². The van der Waals surface area contributed by atoms with Gasteiger partial charge >= 0.3 is 6.18 Å². The number of hydrogen-bond donors (Lipinski definition) is 1. The molecule has 0 saturated carbocycles. The minimum atomic E-state index is -4.45. The number of benzene rings is 2. The van der Waals surface area contributed by atoms with Crippen LogP contribution in [0, 0.1) is 6.92 Å². The predicted octanol–water partition coefficient (Wildman–Crippen LogP) is 4.16. The molecule has 35 heavy (non-hydrogen) atoms. The first-order valence-corrected chi connectivity index (χ1v) is 11.0. The van der Waals surface area contributed by atoms with Crippen LogP contribution in [0.1, 0.15) is 21.6 Å². The van der Waals surface area contributed by atoms with Crippen molar-refractivity contribution >= 4 is 28.9 Å². The number of aromatic nitrogens is 4. The van der Waals surface area contributed by atoms with Gasteiger partial charge in [0.1, 0.15) is 12.1 Å². The lowest BCUT2D eigenvalue weighted by Crippen LogP contribution is -2.49. The highest BCUT2D eigenvalue weighted by atomic mass is 19.4. The fraction of sp³-hybridized carbons (Fsp3) is 0.250. The molecule has 0 radical (unpaired) electrons. The Morgan fingerprint density at radius 3 is 2.54 bits per heavy atom. The van der Waals surface area contributed by atoms with Gasteiger partial charge in [-0.25, -0.2) is 4.98 Å². The first-order valence-electron chi connectivity index (χ1n) is 11.0. The minimum Gasteiger partial charge on any atom is -0.355 e. The summed E-state index contributed by atoms with van der Waals surface area (Å²) in [4.78, 5) is 25.8. The van der Waals surface area contributed by atoms with Crippen LogP contribution < -0.4 is 10.2 Å². The highest BCUT2D eigenvalue weighted by Gasteiger charge is 2.30. The molecule has 180 valence electrons. The summed E-state index contributed by atoms with van der Waals surface area (Å²) in [5.41, 5.74) is 1.18. The van der Waals surface area contributed by atoms with Crippen LogP contribution in [-0.4, -0.2) is 56.6 Å². The van der Waals surface area contributed by atoms with Crippen molar-refractivity contribution in [1.29, 1.82) is 0 Å². The summed E-state index contributed by atoms with van der Waals surface area (Å²) < 4.78 is 41.0. The quantitative estimate of drug-likeness (QED) is 0.472. The molecule has 1 amide bonds. The molecule has 5 rings (SSSR count). The van der Waals surface area contributed by atoms with E-state index in [1.165, 1.54) is 18.5 Å². The molecule has 8 nitrogen and oxygen atoms in total. The van der Waals surface area contributed by atoms with Crippen LogP contribution in [0.3, 0.4) is 0 Å². The van der Waals surface area contributed by atoms with Gasteiger partial charge in [-0.1, -0.05) is 18.2 Å². The van der Waals surface area contributed by atoms with E-state index < -0.39 is 11.7 Å². The van der Waals surface area contributed by atoms with Gasteiger partial charge in [-0.15, -0.1) is 0 Å². The molecule has 0 unspecified atom stereocenters. The minimum absolute atomic E-state index is 0.184. The maximum Gasteiger partial charge on any atom is 0.416 e. The Morgan fingerprint density at radius 1 is 1.00 bits per heavy atom. The third-order valence-corrected chi connectivity index (χ3v) is 5.88. The van der Waals surface area contributed by atoms with Crippen LogP contribution in [0.15, 0.2) is 60.9 Å². The number of amides is 1. The molecular formula is C24H22F3N7O. The lowest BCUT2D eigenvalue weighted by Gasteiger charge is -2.36. The molecule has 1 N–H and O–H groups in total. The van der Waals surface area contributed by atoms with E-state index in [-0.39, 0.29) is 11.6 Å². The van der Waals surface area contributed by atoms with Crippen molar-refractivity contribution in [2.75, 3.05) is 36.4 Å². The Kier molecular flexibility index (Phi) is 5.75. The summed E-state index contributed by atoms with van der Waals surface area (Å²) in [5.74, 6) is 1.20. The molecule has 1 fully saturated rings. The van der Waals surface area contributed by atoms with Crippen molar-refractivity contribution < 1.29 is 18.0 Å². The number of carbonyl (C=O) groups excluding carboxylic acids is 1. The Bertz CT molecular complexity index is 1380. The van der Waals surface area contributed by atoms with Crippen molar-refractivity contribution in [2.24, 2.45) is 0 Å². The van der Waals surface area contributed by atoms with Crippen molar-refractivity contribution in [3.05, 3.63) is 77.7 Å². The summed E-state index contributed by atoms with van der Waals surface area (Å²) in [5, 5.41) is 7.23. The lowest BCUT2D eigenvalue weighted by molar-refractivity contribution is -0.137. The normalized spacial score (nSPS) is 14.4. The molecule has 11 heteroatoms. The van der Waals surface area contributed by atoms with Crippen molar-refractivity contribution in [2.45, 2.75) is 13.1 Å². The molecule has 3 heterocycles.